The first-order valence-corrected chi connectivity index (χ1v) is 13.5. The summed E-state index contributed by atoms with van der Waals surface area (Å²) in [6.07, 6.45) is 4.88. The van der Waals surface area contributed by atoms with Crippen molar-refractivity contribution in [1.82, 2.24) is 9.88 Å². The normalized spacial score (nSPS) is 19.9. The Kier molecular flexibility index (Phi) is 5.23. The number of morpholine rings is 1. The molecule has 2 aliphatic heterocycles. The van der Waals surface area contributed by atoms with E-state index in [0.717, 1.165) is 29.5 Å². The van der Waals surface area contributed by atoms with Gasteiger partial charge in [0.25, 0.3) is 5.91 Å². The third-order valence-corrected chi connectivity index (χ3v) is 8.00. The molecule has 6 rings (SSSR count). The van der Waals surface area contributed by atoms with E-state index in [1.54, 1.807) is 30.5 Å². The summed E-state index contributed by atoms with van der Waals surface area (Å²) in [7, 11) is -3.27. The minimum absolute atomic E-state index is 0.0408. The van der Waals surface area contributed by atoms with Crippen LogP contribution >= 0.6 is 0 Å². The lowest BCUT2D eigenvalue weighted by Crippen LogP contribution is -2.49. The second-order valence-electron chi connectivity index (χ2n) is 9.20. The van der Waals surface area contributed by atoms with Gasteiger partial charge in [-0.2, -0.15) is 0 Å². The summed E-state index contributed by atoms with van der Waals surface area (Å²) >= 11 is 0. The van der Waals surface area contributed by atoms with E-state index in [2.05, 4.69) is 4.98 Å². The largest absolute Gasteiger partial charge is 0.454 e. The number of carbonyl (C=O) groups excluding carboxylic acids is 1. The minimum Gasteiger partial charge on any atom is -0.454 e. The van der Waals surface area contributed by atoms with E-state index in [9.17, 15) is 13.2 Å². The Balaban J connectivity index is 1.35. The fraction of sp³-hybridized carbons (Fsp3) is 0.259. The zero-order valence-corrected chi connectivity index (χ0v) is 20.0. The van der Waals surface area contributed by atoms with E-state index in [-0.39, 0.29) is 22.9 Å². The molecule has 35 heavy (non-hydrogen) atoms. The van der Waals surface area contributed by atoms with Crippen molar-refractivity contribution in [3.63, 3.8) is 0 Å². The second kappa shape index (κ2) is 8.32. The molecule has 1 amide bonds. The summed E-state index contributed by atoms with van der Waals surface area (Å²) in [5.41, 5.74) is 4.42. The zero-order valence-electron chi connectivity index (χ0n) is 19.2. The number of furan rings is 1. The van der Waals surface area contributed by atoms with Gasteiger partial charge in [0.2, 0.25) is 0 Å². The van der Waals surface area contributed by atoms with Crippen LogP contribution in [0, 0.1) is 0 Å². The van der Waals surface area contributed by atoms with E-state index >= 15 is 0 Å². The molecule has 2 aliphatic rings. The average molecular weight is 489 g/mol. The van der Waals surface area contributed by atoms with Crippen molar-refractivity contribution < 1.29 is 22.4 Å². The Morgan fingerprint density at radius 1 is 0.971 bits per heavy atom. The number of sulfone groups is 1. The molecule has 0 radical (unpaired) electrons. The van der Waals surface area contributed by atoms with Crippen LogP contribution in [0.4, 0.5) is 0 Å². The van der Waals surface area contributed by atoms with Gasteiger partial charge in [0.1, 0.15) is 11.3 Å². The fourth-order valence-electron chi connectivity index (χ4n) is 5.10. The number of hydrogen-bond donors (Lipinski definition) is 0. The number of fused-ring (bicyclic) bond motifs is 3. The molecule has 8 heteroatoms. The lowest BCUT2D eigenvalue weighted by Gasteiger charge is -2.34. The Labute approximate surface area is 203 Å². The molecule has 2 fully saturated rings. The highest BCUT2D eigenvalue weighted by Gasteiger charge is 2.40. The van der Waals surface area contributed by atoms with Crippen molar-refractivity contribution >= 4 is 26.8 Å². The molecule has 4 heterocycles. The van der Waals surface area contributed by atoms with E-state index in [4.69, 9.17) is 9.15 Å². The monoisotopic (exact) mass is 488 g/mol. The number of carbonyl (C=O) groups is 1. The van der Waals surface area contributed by atoms with Crippen LogP contribution in [0.3, 0.4) is 0 Å². The number of aromatic nitrogens is 1. The van der Waals surface area contributed by atoms with Crippen molar-refractivity contribution in [2.24, 2.45) is 0 Å². The highest BCUT2D eigenvalue weighted by molar-refractivity contribution is 7.90. The van der Waals surface area contributed by atoms with Crippen LogP contribution in [0.25, 0.3) is 33.6 Å². The van der Waals surface area contributed by atoms with E-state index in [1.807, 2.05) is 41.3 Å². The van der Waals surface area contributed by atoms with Gasteiger partial charge in [0.05, 0.1) is 30.2 Å². The average Bonchev–Trinajstić information content (AvgIpc) is 3.41. The van der Waals surface area contributed by atoms with Crippen LogP contribution in [0.2, 0.25) is 0 Å². The van der Waals surface area contributed by atoms with Crippen molar-refractivity contribution in [2.75, 3.05) is 19.5 Å². The molecule has 0 N–H and O–H groups in total. The number of ether oxygens (including phenoxy) is 1. The smallest absolute Gasteiger partial charge is 0.254 e. The first kappa shape index (κ1) is 22.0. The number of amides is 1. The Hall–Kier alpha value is -3.49. The maximum atomic E-state index is 13.4. The molecular weight excluding hydrogens is 464 g/mol. The van der Waals surface area contributed by atoms with Gasteiger partial charge in [0, 0.05) is 35.2 Å². The molecule has 2 aromatic heterocycles. The van der Waals surface area contributed by atoms with Crippen LogP contribution < -0.4 is 0 Å². The molecule has 0 aliphatic carbocycles. The third kappa shape index (κ3) is 3.92. The van der Waals surface area contributed by atoms with E-state index in [0.29, 0.717) is 35.6 Å². The molecule has 2 aromatic carbocycles. The maximum absolute atomic E-state index is 13.4. The molecule has 7 nitrogen and oxygen atoms in total. The molecule has 2 saturated heterocycles. The van der Waals surface area contributed by atoms with Crippen LogP contribution in [0.15, 0.2) is 76.2 Å². The lowest BCUT2D eigenvalue weighted by molar-refractivity contribution is -0.00715. The predicted octanol–water partition coefficient (Wildman–Crippen LogP) is 4.57. The summed E-state index contributed by atoms with van der Waals surface area (Å²) in [4.78, 5) is 20.1. The predicted molar refractivity (Wildman–Crippen MR) is 132 cm³/mol. The molecule has 0 saturated carbocycles. The molecule has 2 bridgehead atoms. The minimum atomic E-state index is -3.27. The summed E-state index contributed by atoms with van der Waals surface area (Å²) in [5, 5.41) is 0. The number of pyridine rings is 1. The molecule has 2 atom stereocenters. The Morgan fingerprint density at radius 2 is 1.71 bits per heavy atom. The summed E-state index contributed by atoms with van der Waals surface area (Å²) < 4.78 is 35.4. The molecule has 0 spiro atoms. The SMILES string of the molecule is CS(=O)(=O)c1ccc(-c2cc3nccc(-c4cccc(C(=O)N5C6CCC5COC6)c4)c3o2)cc1. The standard InChI is InChI=1S/C27H24N2O5S/c1-35(31,32)22-9-5-17(6-10-22)25-14-24-26(34-25)23(11-12-28-24)18-3-2-4-19(13-18)27(30)29-20-7-8-21(29)16-33-15-20/h2-6,9-14,20-21H,7-8,15-16H2,1H3. The molecule has 178 valence electrons. The zero-order chi connectivity index (χ0) is 24.2. The van der Waals surface area contributed by atoms with Crippen LogP contribution in [0.5, 0.6) is 0 Å². The highest BCUT2D eigenvalue weighted by atomic mass is 32.2. The number of benzene rings is 2. The van der Waals surface area contributed by atoms with Crippen molar-refractivity contribution in [3.05, 3.63) is 72.4 Å². The maximum Gasteiger partial charge on any atom is 0.254 e. The number of nitrogens with zero attached hydrogens (tertiary/aromatic N) is 2. The first-order chi connectivity index (χ1) is 16.9. The van der Waals surface area contributed by atoms with Gasteiger partial charge < -0.3 is 14.1 Å². The summed E-state index contributed by atoms with van der Waals surface area (Å²) in [6.45, 7) is 1.21. The molecule has 2 unspecified atom stereocenters. The summed E-state index contributed by atoms with van der Waals surface area (Å²) in [6, 6.07) is 18.2. The highest BCUT2D eigenvalue weighted by Crippen LogP contribution is 2.35. The van der Waals surface area contributed by atoms with Crippen LogP contribution in [-0.2, 0) is 14.6 Å². The lowest BCUT2D eigenvalue weighted by atomic mass is 10.0. The van der Waals surface area contributed by atoms with Gasteiger partial charge in [-0.25, -0.2) is 8.42 Å². The van der Waals surface area contributed by atoms with Crippen molar-refractivity contribution in [1.29, 1.82) is 0 Å². The quantitative estimate of drug-likeness (QED) is 0.418. The van der Waals surface area contributed by atoms with Crippen LogP contribution in [-0.4, -0.2) is 55.8 Å². The van der Waals surface area contributed by atoms with Gasteiger partial charge >= 0.3 is 0 Å². The van der Waals surface area contributed by atoms with Crippen LogP contribution in [0.1, 0.15) is 23.2 Å². The molecule has 4 aromatic rings. The van der Waals surface area contributed by atoms with E-state index in [1.165, 1.54) is 6.26 Å². The van der Waals surface area contributed by atoms with Gasteiger partial charge in [0.15, 0.2) is 15.4 Å². The Bertz CT molecular complexity index is 1530. The number of hydrogen-bond acceptors (Lipinski definition) is 6. The second-order valence-corrected chi connectivity index (χ2v) is 11.2. The van der Waals surface area contributed by atoms with Crippen molar-refractivity contribution in [3.8, 4) is 22.5 Å². The van der Waals surface area contributed by atoms with Gasteiger partial charge in [-0.15, -0.1) is 0 Å². The summed E-state index contributed by atoms with van der Waals surface area (Å²) in [5.74, 6) is 0.635. The van der Waals surface area contributed by atoms with Gasteiger partial charge in [-0.1, -0.05) is 12.1 Å². The van der Waals surface area contributed by atoms with Gasteiger partial charge in [-0.05, 0) is 60.9 Å². The van der Waals surface area contributed by atoms with Crippen molar-refractivity contribution in [2.45, 2.75) is 29.8 Å². The molecular formula is C27H24N2O5S. The Morgan fingerprint density at radius 3 is 2.43 bits per heavy atom. The van der Waals surface area contributed by atoms with Gasteiger partial charge in [-0.3, -0.25) is 9.78 Å². The fourth-order valence-corrected chi connectivity index (χ4v) is 5.73. The topological polar surface area (TPSA) is 89.7 Å². The third-order valence-electron chi connectivity index (χ3n) is 6.87. The van der Waals surface area contributed by atoms with E-state index < -0.39 is 9.84 Å². The number of rotatable bonds is 4. The first-order valence-electron chi connectivity index (χ1n) is 11.6.